The summed E-state index contributed by atoms with van der Waals surface area (Å²) in [6.45, 7) is 8.08. The molecule has 0 N–H and O–H groups in total. The van der Waals surface area contributed by atoms with E-state index in [0.717, 1.165) is 24.3 Å². The molecule has 4 heteroatoms. The van der Waals surface area contributed by atoms with Crippen molar-refractivity contribution in [2.24, 2.45) is 0 Å². The van der Waals surface area contributed by atoms with Crippen LogP contribution in [0.25, 0.3) is 0 Å². The van der Waals surface area contributed by atoms with E-state index >= 15 is 0 Å². The minimum Gasteiger partial charge on any atom is -0.495 e. The Balaban J connectivity index is 0.000000791. The molecule has 0 radical (unpaired) electrons. The molecule has 0 saturated heterocycles. The summed E-state index contributed by atoms with van der Waals surface area (Å²) in [5.41, 5.74) is 0.865. The molecule has 0 bridgehead atoms. The molecule has 0 atom stereocenters. The summed E-state index contributed by atoms with van der Waals surface area (Å²) in [4.78, 5) is 0. The van der Waals surface area contributed by atoms with Gasteiger partial charge in [0, 0.05) is 6.07 Å². The van der Waals surface area contributed by atoms with E-state index in [-0.39, 0.29) is 0 Å². The van der Waals surface area contributed by atoms with Crippen LogP contribution in [0.15, 0.2) is 19.2 Å². The second-order valence-corrected chi connectivity index (χ2v) is 2.82. The lowest BCUT2D eigenvalue weighted by Crippen LogP contribution is -1.97. The number of ether oxygens (including phenoxy) is 1. The first-order chi connectivity index (χ1) is 6.77. The normalized spacial score (nSPS) is 8.79. The molecule has 1 aromatic heterocycles. The third kappa shape index (κ3) is 3.75. The Morgan fingerprint density at radius 3 is 2.57 bits per heavy atom. The van der Waals surface area contributed by atoms with Crippen LogP contribution in [0.3, 0.4) is 0 Å². The highest BCUT2D eigenvalue weighted by atomic mass is 35.5. The molecule has 78 valence electrons. The summed E-state index contributed by atoms with van der Waals surface area (Å²) in [6.07, 6.45) is 1.89. The van der Waals surface area contributed by atoms with Gasteiger partial charge >= 0.3 is 0 Å². The second-order valence-electron chi connectivity index (χ2n) is 2.43. The summed E-state index contributed by atoms with van der Waals surface area (Å²) < 4.78 is 5.09. The fourth-order valence-corrected chi connectivity index (χ4v) is 1.10. The quantitative estimate of drug-likeness (QED) is 0.726. The van der Waals surface area contributed by atoms with E-state index in [9.17, 15) is 0 Å². The molecule has 3 nitrogen and oxygen atoms in total. The lowest BCUT2D eigenvalue weighted by molar-refractivity contribution is 0.404. The largest absolute Gasteiger partial charge is 0.495 e. The zero-order valence-electron chi connectivity index (χ0n) is 8.59. The van der Waals surface area contributed by atoms with E-state index < -0.39 is 0 Å². The Morgan fingerprint density at radius 2 is 2.07 bits per heavy atom. The first-order valence-electron chi connectivity index (χ1n) is 4.34. The van der Waals surface area contributed by atoms with E-state index in [1.165, 1.54) is 0 Å². The Labute approximate surface area is 89.8 Å². The number of hydrogen-bond acceptors (Lipinski definition) is 3. The van der Waals surface area contributed by atoms with Crippen molar-refractivity contribution in [2.45, 2.75) is 19.8 Å². The first-order valence-corrected chi connectivity index (χ1v) is 4.71. The summed E-state index contributed by atoms with van der Waals surface area (Å²) in [6, 6.07) is 1.68. The number of rotatable bonds is 3. The third-order valence-corrected chi connectivity index (χ3v) is 1.69. The maximum absolute atomic E-state index is 5.64. The number of hydrogen-bond donors (Lipinski definition) is 0. The van der Waals surface area contributed by atoms with Crippen molar-refractivity contribution in [1.29, 1.82) is 0 Å². The van der Waals surface area contributed by atoms with E-state index in [0.29, 0.717) is 5.15 Å². The van der Waals surface area contributed by atoms with Gasteiger partial charge < -0.3 is 4.74 Å². The molecule has 0 aliphatic rings. The smallest absolute Gasteiger partial charge is 0.155 e. The molecule has 0 unspecified atom stereocenters. The molecular formula is C10H15ClN2O. The first kappa shape index (κ1) is 12.9. The van der Waals surface area contributed by atoms with Crippen molar-refractivity contribution in [1.82, 2.24) is 10.2 Å². The van der Waals surface area contributed by atoms with Crippen molar-refractivity contribution in [3.63, 3.8) is 0 Å². The highest BCUT2D eigenvalue weighted by molar-refractivity contribution is 6.29. The van der Waals surface area contributed by atoms with Crippen molar-refractivity contribution in [2.75, 3.05) is 7.11 Å². The molecular weight excluding hydrogens is 200 g/mol. The van der Waals surface area contributed by atoms with Gasteiger partial charge in [0.2, 0.25) is 0 Å². The average Bonchev–Trinajstić information content (AvgIpc) is 2.24. The molecule has 14 heavy (non-hydrogen) atoms. The predicted molar refractivity (Wildman–Crippen MR) is 58.8 cm³/mol. The lowest BCUT2D eigenvalue weighted by Gasteiger charge is -2.04. The molecule has 1 aromatic rings. The number of halogens is 1. The maximum atomic E-state index is 5.64. The van der Waals surface area contributed by atoms with Gasteiger partial charge in [-0.15, -0.1) is 18.3 Å². The Hall–Kier alpha value is -1.09. The molecule has 0 aromatic carbocycles. The molecule has 0 saturated carbocycles. The van der Waals surface area contributed by atoms with Gasteiger partial charge in [0.05, 0.1) is 7.11 Å². The molecule has 1 rings (SSSR count). The molecule has 0 aliphatic carbocycles. The standard InChI is InChI=1S/C8H11ClN2O.C2H4/c1-3-4-6-7(12-2)5-8(9)11-10-6;1-2/h5H,3-4H2,1-2H3;1-2H2. The van der Waals surface area contributed by atoms with Gasteiger partial charge in [-0.3, -0.25) is 0 Å². The van der Waals surface area contributed by atoms with Gasteiger partial charge in [-0.2, -0.15) is 5.10 Å². The van der Waals surface area contributed by atoms with Crippen LogP contribution in [0.1, 0.15) is 19.0 Å². The number of methoxy groups -OCH3 is 1. The van der Waals surface area contributed by atoms with Crippen molar-refractivity contribution in [3.8, 4) is 5.75 Å². The molecule has 0 spiro atoms. The van der Waals surface area contributed by atoms with Crippen molar-refractivity contribution in [3.05, 3.63) is 30.1 Å². The minimum atomic E-state index is 0.367. The number of nitrogens with zero attached hydrogens (tertiary/aromatic N) is 2. The van der Waals surface area contributed by atoms with Gasteiger partial charge in [0.1, 0.15) is 11.4 Å². The SMILES string of the molecule is C=C.CCCc1nnc(Cl)cc1OC. The fourth-order valence-electron chi connectivity index (χ4n) is 0.964. The van der Waals surface area contributed by atoms with Crippen LogP contribution in [0.4, 0.5) is 0 Å². The molecule has 0 amide bonds. The van der Waals surface area contributed by atoms with Gasteiger partial charge in [-0.1, -0.05) is 24.9 Å². The minimum absolute atomic E-state index is 0.367. The van der Waals surface area contributed by atoms with Gasteiger partial charge in [-0.25, -0.2) is 0 Å². The summed E-state index contributed by atoms with van der Waals surface area (Å²) in [5.74, 6) is 0.719. The monoisotopic (exact) mass is 214 g/mol. The highest BCUT2D eigenvalue weighted by Gasteiger charge is 2.04. The summed E-state index contributed by atoms with van der Waals surface area (Å²) >= 11 is 5.64. The van der Waals surface area contributed by atoms with Crippen molar-refractivity contribution < 1.29 is 4.74 Å². The fraction of sp³-hybridized carbons (Fsp3) is 0.400. The Kier molecular flexibility index (Phi) is 6.76. The Bertz CT molecular complexity index is 279. The molecule has 0 fully saturated rings. The second kappa shape index (κ2) is 7.33. The van der Waals surface area contributed by atoms with E-state index in [1.807, 2.05) is 0 Å². The van der Waals surface area contributed by atoms with Gasteiger partial charge in [0.25, 0.3) is 0 Å². The summed E-state index contributed by atoms with van der Waals surface area (Å²) in [5, 5.41) is 8.04. The van der Waals surface area contributed by atoms with Crippen LogP contribution in [-0.2, 0) is 6.42 Å². The topological polar surface area (TPSA) is 35.0 Å². The third-order valence-electron chi connectivity index (χ3n) is 1.51. The van der Waals surface area contributed by atoms with Crippen LogP contribution < -0.4 is 4.74 Å². The van der Waals surface area contributed by atoms with E-state index in [4.69, 9.17) is 16.3 Å². The van der Waals surface area contributed by atoms with Crippen LogP contribution in [0, 0.1) is 0 Å². The van der Waals surface area contributed by atoms with Crippen LogP contribution in [-0.4, -0.2) is 17.3 Å². The van der Waals surface area contributed by atoms with E-state index in [1.54, 1.807) is 13.2 Å². The zero-order chi connectivity index (χ0) is 11.0. The lowest BCUT2D eigenvalue weighted by atomic mass is 10.2. The number of aryl methyl sites for hydroxylation is 1. The average molecular weight is 215 g/mol. The maximum Gasteiger partial charge on any atom is 0.155 e. The van der Waals surface area contributed by atoms with Crippen molar-refractivity contribution >= 4 is 11.6 Å². The molecule has 1 heterocycles. The summed E-state index contributed by atoms with van der Waals surface area (Å²) in [7, 11) is 1.60. The molecule has 0 aliphatic heterocycles. The Morgan fingerprint density at radius 1 is 1.43 bits per heavy atom. The zero-order valence-corrected chi connectivity index (χ0v) is 9.34. The number of aromatic nitrogens is 2. The van der Waals surface area contributed by atoms with Crippen LogP contribution in [0.5, 0.6) is 5.75 Å². The highest BCUT2D eigenvalue weighted by Crippen LogP contribution is 2.19. The van der Waals surface area contributed by atoms with Crippen LogP contribution in [0.2, 0.25) is 5.15 Å². The van der Waals surface area contributed by atoms with Gasteiger partial charge in [0.15, 0.2) is 5.15 Å². The van der Waals surface area contributed by atoms with Crippen LogP contribution >= 0.6 is 11.6 Å². The van der Waals surface area contributed by atoms with Gasteiger partial charge in [-0.05, 0) is 6.42 Å². The van der Waals surface area contributed by atoms with E-state index in [2.05, 4.69) is 30.3 Å². The predicted octanol–water partition coefficient (Wildman–Crippen LogP) is 2.89.